The number of aromatic amines is 1. The highest BCUT2D eigenvalue weighted by Gasteiger charge is 2.20. The van der Waals surface area contributed by atoms with Crippen molar-refractivity contribution in [2.24, 2.45) is 0 Å². The van der Waals surface area contributed by atoms with Crippen molar-refractivity contribution in [3.8, 4) is 11.6 Å². The minimum absolute atomic E-state index is 0.260. The fourth-order valence-corrected chi connectivity index (χ4v) is 2.95. The van der Waals surface area contributed by atoms with E-state index in [-0.39, 0.29) is 5.69 Å². The fourth-order valence-electron chi connectivity index (χ4n) is 2.82. The molecule has 0 aliphatic rings. The van der Waals surface area contributed by atoms with Crippen LogP contribution in [0.2, 0.25) is 5.02 Å². The first-order valence-electron chi connectivity index (χ1n) is 8.94. The summed E-state index contributed by atoms with van der Waals surface area (Å²) in [4.78, 5) is 39.0. The average Bonchev–Trinajstić information content (AvgIpc) is 2.67. The number of carbonyl (C=O) groups is 1. The number of nitrogens with zero attached hydrogens (tertiary/aromatic N) is 1. The fraction of sp³-hybridized carbons (Fsp3) is 0.136. The Hall–Kier alpha value is -3.38. The van der Waals surface area contributed by atoms with Gasteiger partial charge in [0, 0.05) is 5.02 Å². The van der Waals surface area contributed by atoms with E-state index in [4.69, 9.17) is 11.6 Å². The number of halogens is 1. The van der Waals surface area contributed by atoms with Crippen molar-refractivity contribution >= 4 is 23.5 Å². The maximum Gasteiger partial charge on any atom is 0.335 e. The summed E-state index contributed by atoms with van der Waals surface area (Å²) in [6, 6.07) is 13.7. The van der Waals surface area contributed by atoms with Gasteiger partial charge in [-0.15, -0.1) is 0 Å². The second-order valence-electron chi connectivity index (χ2n) is 6.79. The minimum Gasteiger partial charge on any atom is -0.493 e. The van der Waals surface area contributed by atoms with Gasteiger partial charge in [0.2, 0.25) is 5.88 Å². The molecule has 2 N–H and O–H groups in total. The summed E-state index contributed by atoms with van der Waals surface area (Å²) in [5, 5.41) is 10.9. The van der Waals surface area contributed by atoms with Crippen molar-refractivity contribution < 1.29 is 9.90 Å². The lowest BCUT2D eigenvalue weighted by molar-refractivity contribution is 0.104. The Kier molecular flexibility index (Phi) is 5.84. The third-order valence-electron chi connectivity index (χ3n) is 4.45. The Morgan fingerprint density at radius 3 is 2.28 bits per heavy atom. The van der Waals surface area contributed by atoms with Crippen LogP contribution in [0, 0.1) is 0 Å². The molecule has 0 spiro atoms. The van der Waals surface area contributed by atoms with E-state index in [2.05, 4.69) is 18.8 Å². The van der Waals surface area contributed by atoms with Crippen molar-refractivity contribution in [2.75, 3.05) is 0 Å². The highest BCUT2D eigenvalue weighted by molar-refractivity contribution is 6.30. The van der Waals surface area contributed by atoms with Crippen LogP contribution in [-0.4, -0.2) is 20.4 Å². The largest absolute Gasteiger partial charge is 0.493 e. The first kappa shape index (κ1) is 20.4. The minimum atomic E-state index is -0.956. The van der Waals surface area contributed by atoms with E-state index in [1.807, 2.05) is 24.3 Å². The third-order valence-corrected chi connectivity index (χ3v) is 4.70. The Balaban J connectivity index is 1.98. The maximum absolute atomic E-state index is 12.6. The van der Waals surface area contributed by atoms with Crippen LogP contribution in [0.3, 0.4) is 0 Å². The molecular formula is C22H19ClN2O4. The predicted molar refractivity (Wildman–Crippen MR) is 113 cm³/mol. The number of allylic oxidation sites excluding steroid dienone is 1. The number of carbonyl (C=O) groups excluding carboxylic acids is 1. The van der Waals surface area contributed by atoms with Crippen LogP contribution in [0.4, 0.5) is 0 Å². The van der Waals surface area contributed by atoms with E-state index in [1.165, 1.54) is 30.3 Å². The van der Waals surface area contributed by atoms with E-state index in [9.17, 15) is 19.5 Å². The number of rotatable bonds is 5. The molecule has 1 aromatic heterocycles. The Morgan fingerprint density at radius 1 is 1.07 bits per heavy atom. The number of hydrogen-bond acceptors (Lipinski definition) is 4. The zero-order valence-electron chi connectivity index (χ0n) is 15.8. The Bertz CT molecular complexity index is 1190. The molecule has 0 saturated heterocycles. The van der Waals surface area contributed by atoms with Crippen LogP contribution in [-0.2, 0) is 0 Å². The van der Waals surface area contributed by atoms with Gasteiger partial charge < -0.3 is 5.11 Å². The van der Waals surface area contributed by atoms with Gasteiger partial charge in [-0.25, -0.2) is 9.36 Å². The van der Waals surface area contributed by atoms with Gasteiger partial charge in [0.05, 0.1) is 5.69 Å². The summed E-state index contributed by atoms with van der Waals surface area (Å²) in [7, 11) is 0. The van der Waals surface area contributed by atoms with Gasteiger partial charge in [-0.2, -0.15) is 0 Å². The van der Waals surface area contributed by atoms with Crippen LogP contribution in [0.5, 0.6) is 5.88 Å². The van der Waals surface area contributed by atoms with Crippen molar-refractivity contribution in [2.45, 2.75) is 19.8 Å². The Labute approximate surface area is 171 Å². The molecule has 3 aromatic rings. The maximum atomic E-state index is 12.6. The van der Waals surface area contributed by atoms with Gasteiger partial charge in [-0.3, -0.25) is 14.6 Å². The molecule has 7 heteroatoms. The van der Waals surface area contributed by atoms with Crippen LogP contribution in [0.25, 0.3) is 11.8 Å². The number of aromatic hydroxyl groups is 1. The zero-order valence-corrected chi connectivity index (χ0v) is 16.6. The molecule has 148 valence electrons. The summed E-state index contributed by atoms with van der Waals surface area (Å²) in [6.07, 6.45) is 2.73. The molecule has 0 atom stereocenters. The second-order valence-corrected chi connectivity index (χ2v) is 7.23. The number of nitrogens with one attached hydrogen (secondary N) is 1. The third kappa shape index (κ3) is 4.38. The zero-order chi connectivity index (χ0) is 21.1. The predicted octanol–water partition coefficient (Wildman–Crippen LogP) is 3.90. The molecule has 6 nitrogen and oxygen atoms in total. The SMILES string of the molecule is CC(C)c1ccc(/C=C/C(=O)c2c(O)n(-c3ccc(Cl)cc3)c(=O)[nH]c2=O)cc1. The van der Waals surface area contributed by atoms with Gasteiger partial charge in [-0.1, -0.05) is 55.8 Å². The number of benzene rings is 2. The normalized spacial score (nSPS) is 11.3. The lowest BCUT2D eigenvalue weighted by atomic mass is 10.0. The summed E-state index contributed by atoms with van der Waals surface area (Å²) < 4.78 is 0.843. The lowest BCUT2D eigenvalue weighted by Gasteiger charge is -2.10. The number of hydrogen-bond donors (Lipinski definition) is 2. The van der Waals surface area contributed by atoms with Crippen molar-refractivity contribution in [3.63, 3.8) is 0 Å². The number of H-pyrrole nitrogens is 1. The molecule has 0 bridgehead atoms. The second kappa shape index (κ2) is 8.32. The van der Waals surface area contributed by atoms with Crippen molar-refractivity contribution in [1.29, 1.82) is 0 Å². The monoisotopic (exact) mass is 410 g/mol. The summed E-state index contributed by atoms with van der Waals surface area (Å²) in [5.41, 5.74) is -0.144. The Morgan fingerprint density at radius 2 is 1.69 bits per heavy atom. The van der Waals surface area contributed by atoms with Gasteiger partial charge >= 0.3 is 5.69 Å². The topological polar surface area (TPSA) is 92.2 Å². The van der Waals surface area contributed by atoms with Gasteiger partial charge in [-0.05, 0) is 47.4 Å². The quantitative estimate of drug-likeness (QED) is 0.492. The highest BCUT2D eigenvalue weighted by Crippen LogP contribution is 2.20. The van der Waals surface area contributed by atoms with E-state index in [1.54, 1.807) is 6.08 Å². The average molecular weight is 411 g/mol. The van der Waals surface area contributed by atoms with E-state index < -0.39 is 28.5 Å². The van der Waals surface area contributed by atoms with E-state index in [0.717, 1.165) is 15.7 Å². The molecule has 0 fully saturated rings. The molecule has 2 aromatic carbocycles. The standard InChI is InChI=1S/C22H19ClN2O4/c1-13(2)15-6-3-14(4-7-15)5-12-18(26)19-20(27)24-22(29)25(21(19)28)17-10-8-16(23)9-11-17/h3-13,28H,1-2H3,(H,24,27,29)/b12-5+. The van der Waals surface area contributed by atoms with Crippen LogP contribution in [0.15, 0.2) is 64.2 Å². The van der Waals surface area contributed by atoms with E-state index >= 15 is 0 Å². The first-order valence-corrected chi connectivity index (χ1v) is 9.32. The summed E-state index contributed by atoms with van der Waals surface area (Å²) >= 11 is 5.84. The van der Waals surface area contributed by atoms with Crippen LogP contribution in [0.1, 0.15) is 41.3 Å². The van der Waals surface area contributed by atoms with Gasteiger partial charge in [0.25, 0.3) is 5.56 Å². The van der Waals surface area contributed by atoms with Gasteiger partial charge in [0.1, 0.15) is 5.56 Å². The van der Waals surface area contributed by atoms with Gasteiger partial charge in [0.15, 0.2) is 5.78 Å². The molecule has 29 heavy (non-hydrogen) atoms. The molecule has 0 aliphatic heterocycles. The smallest absolute Gasteiger partial charge is 0.335 e. The molecule has 3 rings (SSSR count). The van der Waals surface area contributed by atoms with E-state index in [0.29, 0.717) is 10.9 Å². The molecule has 0 saturated carbocycles. The summed E-state index contributed by atoms with van der Waals surface area (Å²) in [6.45, 7) is 4.16. The molecule has 0 radical (unpaired) electrons. The van der Waals surface area contributed by atoms with Crippen molar-refractivity contribution in [3.05, 3.63) is 97.2 Å². The molecule has 1 heterocycles. The number of aromatic nitrogens is 2. The van der Waals surface area contributed by atoms with Crippen LogP contribution >= 0.6 is 11.6 Å². The molecular weight excluding hydrogens is 392 g/mol. The van der Waals surface area contributed by atoms with Crippen molar-refractivity contribution in [1.82, 2.24) is 9.55 Å². The molecule has 0 unspecified atom stereocenters. The first-order chi connectivity index (χ1) is 13.8. The molecule has 0 aliphatic carbocycles. The van der Waals surface area contributed by atoms with Crippen LogP contribution < -0.4 is 11.2 Å². The number of ketones is 1. The summed E-state index contributed by atoms with van der Waals surface area (Å²) in [5.74, 6) is -1.07. The highest BCUT2D eigenvalue weighted by atomic mass is 35.5. The lowest BCUT2D eigenvalue weighted by Crippen LogP contribution is -2.32. The molecule has 0 amide bonds.